The first kappa shape index (κ1) is 20.9. The summed E-state index contributed by atoms with van der Waals surface area (Å²) in [7, 11) is 1.80. The molecule has 2 fully saturated rings. The van der Waals surface area contributed by atoms with Crippen LogP contribution in [0.4, 0.5) is 0 Å². The zero-order valence-corrected chi connectivity index (χ0v) is 18.2. The number of aromatic nitrogens is 3. The van der Waals surface area contributed by atoms with E-state index in [4.69, 9.17) is 10.5 Å². The van der Waals surface area contributed by atoms with Gasteiger partial charge >= 0.3 is 0 Å². The van der Waals surface area contributed by atoms with Gasteiger partial charge in [0.25, 0.3) is 0 Å². The summed E-state index contributed by atoms with van der Waals surface area (Å²) in [6, 6.07) is 10.1. The summed E-state index contributed by atoms with van der Waals surface area (Å²) in [6.45, 7) is 4.17. The van der Waals surface area contributed by atoms with E-state index in [0.29, 0.717) is 17.3 Å². The van der Waals surface area contributed by atoms with Crippen molar-refractivity contribution in [1.29, 1.82) is 5.26 Å². The quantitative estimate of drug-likeness (QED) is 0.751. The van der Waals surface area contributed by atoms with E-state index in [2.05, 4.69) is 28.1 Å². The molecule has 1 aromatic carbocycles. The third kappa shape index (κ3) is 4.53. The van der Waals surface area contributed by atoms with Gasteiger partial charge in [-0.05, 0) is 43.4 Å². The average Bonchev–Trinajstić information content (AvgIpc) is 3.70. The number of nitrogens with zero attached hydrogens (tertiary/aromatic N) is 5. The summed E-state index contributed by atoms with van der Waals surface area (Å²) in [6.07, 6.45) is 8.34. The highest BCUT2D eigenvalue weighted by Gasteiger charge is 2.39. The number of benzene rings is 1. The summed E-state index contributed by atoms with van der Waals surface area (Å²) >= 11 is 0. The van der Waals surface area contributed by atoms with Crippen molar-refractivity contribution < 1.29 is 4.74 Å². The maximum absolute atomic E-state index is 9.76. The van der Waals surface area contributed by atoms with Crippen molar-refractivity contribution in [2.75, 3.05) is 7.05 Å². The number of allylic oxidation sites excluding steroid dienone is 3. The molecule has 31 heavy (non-hydrogen) atoms. The molecule has 0 radical (unpaired) electrons. The van der Waals surface area contributed by atoms with Gasteiger partial charge in [-0.2, -0.15) is 10.4 Å². The van der Waals surface area contributed by atoms with Crippen LogP contribution in [0.1, 0.15) is 51.0 Å². The highest BCUT2D eigenvalue weighted by molar-refractivity contribution is 6.05. The largest absolute Gasteiger partial charge is 0.445 e. The number of nitriles is 1. The van der Waals surface area contributed by atoms with Crippen molar-refractivity contribution in [3.05, 3.63) is 65.3 Å². The molecule has 0 spiro atoms. The number of nitrogens with two attached hydrogens (primary N) is 1. The van der Waals surface area contributed by atoms with Crippen LogP contribution in [0.15, 0.2) is 64.7 Å². The number of hydrogen-bond acceptors (Lipinski definition) is 6. The molecule has 1 unspecified atom stereocenters. The minimum Gasteiger partial charge on any atom is -0.445 e. The zero-order valence-electron chi connectivity index (χ0n) is 18.2. The molecule has 1 aromatic heterocycles. The average molecular weight is 417 g/mol. The van der Waals surface area contributed by atoms with Gasteiger partial charge in [-0.3, -0.25) is 4.99 Å². The van der Waals surface area contributed by atoms with Crippen molar-refractivity contribution in [1.82, 2.24) is 14.8 Å². The number of hydrogen-bond donors (Lipinski definition) is 1. The highest BCUT2D eigenvalue weighted by Crippen LogP contribution is 2.44. The SMILES string of the molecule is CC1CC1.CN=C(C1=C(C)OC(N)=C(C#N)C1c1ccc(-n2cncn2)cc1)C1CC1. The number of ether oxygens (including phenoxy) is 1. The molecule has 7 heteroatoms. The van der Waals surface area contributed by atoms with E-state index in [0.717, 1.165) is 41.3 Å². The van der Waals surface area contributed by atoms with E-state index < -0.39 is 0 Å². The lowest BCUT2D eigenvalue weighted by Gasteiger charge is -2.29. The smallest absolute Gasteiger partial charge is 0.205 e. The number of rotatable bonds is 4. The second kappa shape index (κ2) is 8.76. The van der Waals surface area contributed by atoms with Gasteiger partial charge in [0.05, 0.1) is 11.6 Å². The van der Waals surface area contributed by atoms with Gasteiger partial charge in [0, 0.05) is 24.3 Å². The van der Waals surface area contributed by atoms with Gasteiger partial charge in [0.15, 0.2) is 0 Å². The standard InChI is InChI=1S/C20H20N6O.C4H8/c1-12-17(19(23-2)14-3-4-14)18(16(9-21)20(22)27-12)13-5-7-15(8-6-13)26-11-24-10-25-26;1-4-2-3-4/h5-8,10-11,14,18H,3-4,22H2,1-2H3;4H,2-3H2,1H3. The Hall–Kier alpha value is -3.40. The Kier molecular flexibility index (Phi) is 5.90. The Morgan fingerprint density at radius 2 is 1.90 bits per heavy atom. The van der Waals surface area contributed by atoms with Crippen LogP contribution in [-0.4, -0.2) is 27.5 Å². The second-order valence-electron chi connectivity index (χ2n) is 8.39. The van der Waals surface area contributed by atoms with Gasteiger partial charge in [0.1, 0.15) is 30.1 Å². The molecule has 3 aliphatic rings. The first-order chi connectivity index (χ1) is 15.0. The summed E-state index contributed by atoms with van der Waals surface area (Å²) in [5, 5.41) is 13.9. The highest BCUT2D eigenvalue weighted by atomic mass is 16.5. The molecular formula is C24H28N6O. The molecule has 0 bridgehead atoms. The number of aliphatic imine (C=N–C) groups is 1. The summed E-state index contributed by atoms with van der Waals surface area (Å²) in [5.74, 6) is 2.10. The van der Waals surface area contributed by atoms with E-state index in [9.17, 15) is 5.26 Å². The fourth-order valence-electron chi connectivity index (χ4n) is 3.75. The van der Waals surface area contributed by atoms with Crippen LogP contribution in [0, 0.1) is 23.2 Å². The predicted octanol–water partition coefficient (Wildman–Crippen LogP) is 4.25. The van der Waals surface area contributed by atoms with E-state index in [1.165, 1.54) is 19.2 Å². The predicted molar refractivity (Wildman–Crippen MR) is 119 cm³/mol. The van der Waals surface area contributed by atoms with E-state index >= 15 is 0 Å². The molecule has 1 atom stereocenters. The van der Waals surface area contributed by atoms with Gasteiger partial charge in [-0.1, -0.05) is 31.9 Å². The first-order valence-corrected chi connectivity index (χ1v) is 10.7. The van der Waals surface area contributed by atoms with Crippen LogP contribution in [0.5, 0.6) is 0 Å². The van der Waals surface area contributed by atoms with Gasteiger partial charge in [-0.15, -0.1) is 0 Å². The summed E-state index contributed by atoms with van der Waals surface area (Å²) < 4.78 is 7.40. The summed E-state index contributed by atoms with van der Waals surface area (Å²) in [4.78, 5) is 8.51. The third-order valence-electron chi connectivity index (χ3n) is 5.86. The Morgan fingerprint density at radius 3 is 2.39 bits per heavy atom. The topological polar surface area (TPSA) is 102 Å². The van der Waals surface area contributed by atoms with E-state index in [1.54, 1.807) is 18.1 Å². The maximum atomic E-state index is 9.76. The van der Waals surface area contributed by atoms with Crippen LogP contribution in [0.25, 0.3) is 5.69 Å². The molecule has 0 amide bonds. The van der Waals surface area contributed by atoms with Crippen molar-refractivity contribution in [2.24, 2.45) is 22.6 Å². The molecule has 2 aliphatic carbocycles. The molecule has 2 saturated carbocycles. The zero-order chi connectivity index (χ0) is 22.0. The Morgan fingerprint density at radius 1 is 1.23 bits per heavy atom. The molecule has 2 heterocycles. The molecule has 5 rings (SSSR count). The summed E-state index contributed by atoms with van der Waals surface area (Å²) in [5.41, 5.74) is 10.3. The maximum Gasteiger partial charge on any atom is 0.205 e. The lowest BCUT2D eigenvalue weighted by molar-refractivity contribution is 0.283. The fourth-order valence-corrected chi connectivity index (χ4v) is 3.75. The van der Waals surface area contributed by atoms with Gasteiger partial charge in [0.2, 0.25) is 5.88 Å². The normalized spacial score (nSPS) is 21.2. The van der Waals surface area contributed by atoms with Crippen molar-refractivity contribution in [2.45, 2.75) is 45.4 Å². The Bertz CT molecular complexity index is 1060. The van der Waals surface area contributed by atoms with Crippen molar-refractivity contribution in [3.8, 4) is 11.8 Å². The second-order valence-corrected chi connectivity index (χ2v) is 8.39. The van der Waals surface area contributed by atoms with Gasteiger partial charge < -0.3 is 10.5 Å². The van der Waals surface area contributed by atoms with Crippen LogP contribution in [0.2, 0.25) is 0 Å². The Balaban J connectivity index is 0.000000520. The minimum absolute atomic E-state index is 0.162. The van der Waals surface area contributed by atoms with E-state index in [1.807, 2.05) is 31.2 Å². The fraction of sp³-hybridized carbons (Fsp3) is 0.417. The lowest BCUT2D eigenvalue weighted by atomic mass is 9.80. The van der Waals surface area contributed by atoms with Crippen molar-refractivity contribution in [3.63, 3.8) is 0 Å². The first-order valence-electron chi connectivity index (χ1n) is 10.7. The van der Waals surface area contributed by atoms with Crippen LogP contribution in [0.3, 0.4) is 0 Å². The monoisotopic (exact) mass is 416 g/mol. The van der Waals surface area contributed by atoms with Crippen LogP contribution >= 0.6 is 0 Å². The molecule has 2 N–H and O–H groups in total. The molecule has 0 saturated heterocycles. The van der Waals surface area contributed by atoms with Crippen LogP contribution < -0.4 is 5.73 Å². The van der Waals surface area contributed by atoms with Crippen molar-refractivity contribution >= 4 is 5.71 Å². The molecule has 7 nitrogen and oxygen atoms in total. The Labute approximate surface area is 183 Å². The van der Waals surface area contributed by atoms with E-state index in [-0.39, 0.29) is 11.8 Å². The van der Waals surface area contributed by atoms with Crippen LogP contribution in [-0.2, 0) is 4.74 Å². The molecule has 1 aliphatic heterocycles. The van der Waals surface area contributed by atoms with Gasteiger partial charge in [-0.25, -0.2) is 9.67 Å². The molecular weight excluding hydrogens is 388 g/mol. The minimum atomic E-state index is -0.284. The third-order valence-corrected chi connectivity index (χ3v) is 5.86. The molecule has 160 valence electrons. The molecule has 2 aromatic rings. The lowest BCUT2D eigenvalue weighted by Crippen LogP contribution is -2.25.